The van der Waals surface area contributed by atoms with E-state index in [4.69, 9.17) is 11.5 Å². The maximum absolute atomic E-state index is 5.91. The van der Waals surface area contributed by atoms with Gasteiger partial charge in [0.15, 0.2) is 0 Å². The Balaban J connectivity index is 2.98. The Hall–Kier alpha value is -0.0800. The van der Waals surface area contributed by atoms with E-state index >= 15 is 0 Å². The third-order valence-corrected chi connectivity index (χ3v) is 3.47. The van der Waals surface area contributed by atoms with Crippen molar-refractivity contribution in [2.24, 2.45) is 11.5 Å². The monoisotopic (exact) mass is 242 g/mol. The van der Waals surface area contributed by atoms with Crippen molar-refractivity contribution in [3.05, 3.63) is 0 Å². The maximum Gasteiger partial charge on any atom is 0.00508 e. The molecule has 104 valence electrons. The number of hydrogen-bond acceptors (Lipinski definition) is 2. The lowest BCUT2D eigenvalue weighted by atomic mass is 10.0. The van der Waals surface area contributed by atoms with Crippen LogP contribution >= 0.6 is 0 Å². The van der Waals surface area contributed by atoms with E-state index in [0.717, 1.165) is 19.4 Å². The molecular weight excluding hydrogens is 208 g/mol. The first kappa shape index (κ1) is 16.9. The number of nitrogens with two attached hydrogens (primary N) is 2. The molecule has 0 heterocycles. The van der Waals surface area contributed by atoms with Crippen molar-refractivity contribution in [3.63, 3.8) is 0 Å². The van der Waals surface area contributed by atoms with Crippen molar-refractivity contribution in [2.75, 3.05) is 6.54 Å². The lowest BCUT2D eigenvalue weighted by Gasteiger charge is -2.09. The molecule has 0 fully saturated rings. The first-order valence-electron chi connectivity index (χ1n) is 7.77. The van der Waals surface area contributed by atoms with E-state index in [2.05, 4.69) is 6.92 Å². The molecule has 0 saturated heterocycles. The van der Waals surface area contributed by atoms with Gasteiger partial charge >= 0.3 is 0 Å². The predicted molar refractivity (Wildman–Crippen MR) is 78.1 cm³/mol. The van der Waals surface area contributed by atoms with E-state index in [1.165, 1.54) is 64.2 Å². The van der Waals surface area contributed by atoms with Crippen LogP contribution < -0.4 is 11.5 Å². The zero-order chi connectivity index (χ0) is 12.8. The van der Waals surface area contributed by atoms with Crippen LogP contribution in [0.3, 0.4) is 0 Å². The summed E-state index contributed by atoms with van der Waals surface area (Å²) in [6, 6.07) is 0.342. The maximum atomic E-state index is 5.91. The van der Waals surface area contributed by atoms with Crippen LogP contribution in [-0.2, 0) is 0 Å². The van der Waals surface area contributed by atoms with Crippen LogP contribution in [0, 0.1) is 0 Å². The second kappa shape index (κ2) is 14.0. The van der Waals surface area contributed by atoms with Crippen LogP contribution in [0.5, 0.6) is 0 Å². The molecule has 0 aliphatic rings. The van der Waals surface area contributed by atoms with Crippen LogP contribution in [0.4, 0.5) is 0 Å². The van der Waals surface area contributed by atoms with Crippen LogP contribution in [0.15, 0.2) is 0 Å². The summed E-state index contributed by atoms with van der Waals surface area (Å²) >= 11 is 0. The number of hydrogen-bond donors (Lipinski definition) is 2. The largest absolute Gasteiger partial charge is 0.330 e. The summed E-state index contributed by atoms with van der Waals surface area (Å²) in [5.41, 5.74) is 11.4. The molecule has 0 aliphatic carbocycles. The topological polar surface area (TPSA) is 52.0 Å². The molecule has 0 saturated carbocycles. The van der Waals surface area contributed by atoms with Crippen LogP contribution in [0.1, 0.15) is 84.0 Å². The van der Waals surface area contributed by atoms with Crippen molar-refractivity contribution in [3.8, 4) is 0 Å². The second-order valence-electron chi connectivity index (χ2n) is 5.31. The molecule has 2 heteroatoms. The first-order chi connectivity index (χ1) is 8.31. The van der Waals surface area contributed by atoms with Gasteiger partial charge in [-0.25, -0.2) is 0 Å². The number of rotatable bonds is 13. The molecule has 0 aromatic rings. The van der Waals surface area contributed by atoms with Crippen molar-refractivity contribution >= 4 is 0 Å². The highest BCUT2D eigenvalue weighted by atomic mass is 14.6. The van der Waals surface area contributed by atoms with Gasteiger partial charge in [-0.15, -0.1) is 0 Å². The average Bonchev–Trinajstić information content (AvgIpc) is 2.32. The van der Waals surface area contributed by atoms with Crippen molar-refractivity contribution in [1.82, 2.24) is 0 Å². The van der Waals surface area contributed by atoms with Gasteiger partial charge in [-0.1, -0.05) is 71.1 Å². The SMILES string of the molecule is CCCCCCCCCCCCC(N)CCN. The van der Waals surface area contributed by atoms with Gasteiger partial charge in [0.25, 0.3) is 0 Å². The summed E-state index contributed by atoms with van der Waals surface area (Å²) < 4.78 is 0. The minimum atomic E-state index is 0.342. The summed E-state index contributed by atoms with van der Waals surface area (Å²) in [5.74, 6) is 0. The average molecular weight is 242 g/mol. The second-order valence-corrected chi connectivity index (χ2v) is 5.31. The highest BCUT2D eigenvalue weighted by Gasteiger charge is 2.00. The molecule has 0 spiro atoms. The van der Waals surface area contributed by atoms with E-state index in [0.29, 0.717) is 6.04 Å². The molecular formula is C15H34N2. The van der Waals surface area contributed by atoms with Gasteiger partial charge in [-0.3, -0.25) is 0 Å². The summed E-state index contributed by atoms with van der Waals surface area (Å²) in [7, 11) is 0. The van der Waals surface area contributed by atoms with E-state index in [-0.39, 0.29) is 0 Å². The van der Waals surface area contributed by atoms with E-state index in [1.54, 1.807) is 0 Å². The Morgan fingerprint density at radius 1 is 0.706 bits per heavy atom. The van der Waals surface area contributed by atoms with Gasteiger partial charge in [0, 0.05) is 6.04 Å². The third kappa shape index (κ3) is 13.9. The quantitative estimate of drug-likeness (QED) is 0.480. The van der Waals surface area contributed by atoms with Gasteiger partial charge in [-0.2, -0.15) is 0 Å². The van der Waals surface area contributed by atoms with Gasteiger partial charge in [-0.05, 0) is 19.4 Å². The minimum absolute atomic E-state index is 0.342. The van der Waals surface area contributed by atoms with Crippen molar-refractivity contribution in [1.29, 1.82) is 0 Å². The van der Waals surface area contributed by atoms with Crippen LogP contribution in [-0.4, -0.2) is 12.6 Å². The van der Waals surface area contributed by atoms with Gasteiger partial charge < -0.3 is 11.5 Å². The fourth-order valence-corrected chi connectivity index (χ4v) is 2.25. The molecule has 0 rings (SSSR count). The Kier molecular flexibility index (Phi) is 13.9. The zero-order valence-electron chi connectivity index (χ0n) is 11.9. The third-order valence-electron chi connectivity index (χ3n) is 3.47. The highest BCUT2D eigenvalue weighted by molar-refractivity contribution is 4.61. The molecule has 0 radical (unpaired) electrons. The Labute approximate surface area is 109 Å². The fraction of sp³-hybridized carbons (Fsp3) is 1.00. The van der Waals surface area contributed by atoms with Gasteiger partial charge in [0.1, 0.15) is 0 Å². The lowest BCUT2D eigenvalue weighted by Crippen LogP contribution is -2.23. The smallest absolute Gasteiger partial charge is 0.00508 e. The molecule has 0 bridgehead atoms. The molecule has 1 atom stereocenters. The summed E-state index contributed by atoms with van der Waals surface area (Å²) in [6.45, 7) is 3.01. The molecule has 0 aromatic heterocycles. The molecule has 0 aliphatic heterocycles. The molecule has 1 unspecified atom stereocenters. The number of unbranched alkanes of at least 4 members (excludes halogenated alkanes) is 9. The Morgan fingerprint density at radius 2 is 1.18 bits per heavy atom. The van der Waals surface area contributed by atoms with Crippen LogP contribution in [0.2, 0.25) is 0 Å². The normalized spacial score (nSPS) is 12.9. The van der Waals surface area contributed by atoms with E-state index < -0.39 is 0 Å². The van der Waals surface area contributed by atoms with Crippen molar-refractivity contribution in [2.45, 2.75) is 90.0 Å². The molecule has 0 amide bonds. The minimum Gasteiger partial charge on any atom is -0.330 e. The van der Waals surface area contributed by atoms with Crippen molar-refractivity contribution < 1.29 is 0 Å². The molecule has 17 heavy (non-hydrogen) atoms. The molecule has 4 N–H and O–H groups in total. The molecule has 0 aromatic carbocycles. The molecule has 2 nitrogen and oxygen atoms in total. The zero-order valence-corrected chi connectivity index (χ0v) is 11.9. The first-order valence-corrected chi connectivity index (χ1v) is 7.77. The summed E-state index contributed by atoms with van der Waals surface area (Å²) in [6.07, 6.45) is 16.1. The fourth-order valence-electron chi connectivity index (χ4n) is 2.25. The van der Waals surface area contributed by atoms with E-state index in [1.807, 2.05) is 0 Å². The van der Waals surface area contributed by atoms with E-state index in [9.17, 15) is 0 Å². The standard InChI is InChI=1S/C15H34N2/c1-2-3-4-5-6-7-8-9-10-11-12-15(17)13-14-16/h15H,2-14,16-17H2,1H3. The van der Waals surface area contributed by atoms with Gasteiger partial charge in [0.05, 0.1) is 0 Å². The Bertz CT molecular complexity index is 137. The summed E-state index contributed by atoms with van der Waals surface area (Å²) in [5, 5.41) is 0. The van der Waals surface area contributed by atoms with Gasteiger partial charge in [0.2, 0.25) is 0 Å². The Morgan fingerprint density at radius 3 is 1.65 bits per heavy atom. The summed E-state index contributed by atoms with van der Waals surface area (Å²) in [4.78, 5) is 0. The van der Waals surface area contributed by atoms with Crippen LogP contribution in [0.25, 0.3) is 0 Å². The highest BCUT2D eigenvalue weighted by Crippen LogP contribution is 2.11. The lowest BCUT2D eigenvalue weighted by molar-refractivity contribution is 0.508. The predicted octanol–water partition coefficient (Wildman–Crippen LogP) is 3.97.